The van der Waals surface area contributed by atoms with Gasteiger partial charge in [-0.15, -0.1) is 0 Å². The van der Waals surface area contributed by atoms with Crippen molar-refractivity contribution in [3.63, 3.8) is 0 Å². The maximum atomic E-state index is 13.0. The molecule has 0 aliphatic carbocycles. The Balaban J connectivity index is 1.94. The third-order valence-corrected chi connectivity index (χ3v) is 2.85. The van der Waals surface area contributed by atoms with E-state index in [1.165, 1.54) is 12.1 Å². The van der Waals surface area contributed by atoms with E-state index in [1.54, 1.807) is 12.3 Å². The molecule has 2 aromatic rings. The zero-order chi connectivity index (χ0) is 12.3. The fourth-order valence-corrected chi connectivity index (χ4v) is 1.77. The third kappa shape index (κ3) is 2.97. The number of hydrogen-bond acceptors (Lipinski definition) is 2. The second kappa shape index (κ2) is 5.19. The van der Waals surface area contributed by atoms with Crippen LogP contribution in [-0.2, 0) is 6.54 Å². The first-order valence-electron chi connectivity index (χ1n) is 5.33. The van der Waals surface area contributed by atoms with Crippen molar-refractivity contribution in [2.75, 3.05) is 11.9 Å². The summed E-state index contributed by atoms with van der Waals surface area (Å²) < 4.78 is 15.0. The predicted molar refractivity (Wildman–Crippen MR) is 66.9 cm³/mol. The van der Waals surface area contributed by atoms with Crippen molar-refractivity contribution in [1.82, 2.24) is 9.55 Å². The van der Waals surface area contributed by atoms with Crippen LogP contribution in [0.5, 0.6) is 0 Å². The summed E-state index contributed by atoms with van der Waals surface area (Å²) in [5.41, 5.74) is 0.615. The zero-order valence-corrected chi connectivity index (χ0v) is 10.2. The van der Waals surface area contributed by atoms with Gasteiger partial charge in [-0.25, -0.2) is 9.37 Å². The topological polar surface area (TPSA) is 29.9 Å². The molecule has 1 aromatic heterocycles. The van der Waals surface area contributed by atoms with Crippen LogP contribution >= 0.6 is 11.6 Å². The van der Waals surface area contributed by atoms with Crippen LogP contribution in [0, 0.1) is 12.7 Å². The molecule has 2 rings (SSSR count). The average molecular weight is 254 g/mol. The maximum absolute atomic E-state index is 13.0. The summed E-state index contributed by atoms with van der Waals surface area (Å²) >= 11 is 5.94. The number of anilines is 1. The molecule has 3 nitrogen and oxygen atoms in total. The van der Waals surface area contributed by atoms with Gasteiger partial charge in [0.1, 0.15) is 11.6 Å². The summed E-state index contributed by atoms with van der Waals surface area (Å²) in [5.74, 6) is 0.660. The van der Waals surface area contributed by atoms with Crippen LogP contribution in [-0.4, -0.2) is 16.1 Å². The Labute approximate surface area is 104 Å². The number of nitrogens with zero attached hydrogens (tertiary/aromatic N) is 2. The Bertz CT molecular complexity index is 510. The highest BCUT2D eigenvalue weighted by Gasteiger charge is 2.02. The molecule has 0 saturated heterocycles. The van der Waals surface area contributed by atoms with Crippen LogP contribution in [0.15, 0.2) is 30.6 Å². The normalized spacial score (nSPS) is 10.5. The number of aryl methyl sites for hydroxylation is 1. The molecular formula is C12H13ClFN3. The first kappa shape index (κ1) is 11.9. The molecular weight excluding hydrogens is 241 g/mol. The van der Waals surface area contributed by atoms with Crippen molar-refractivity contribution >= 4 is 17.3 Å². The van der Waals surface area contributed by atoms with Gasteiger partial charge in [-0.2, -0.15) is 0 Å². The van der Waals surface area contributed by atoms with E-state index in [-0.39, 0.29) is 5.82 Å². The molecule has 17 heavy (non-hydrogen) atoms. The molecule has 0 radical (unpaired) electrons. The lowest BCUT2D eigenvalue weighted by Gasteiger charge is -2.09. The van der Waals surface area contributed by atoms with E-state index in [2.05, 4.69) is 10.3 Å². The molecule has 1 N–H and O–H groups in total. The molecule has 90 valence electrons. The van der Waals surface area contributed by atoms with Crippen LogP contribution in [0.4, 0.5) is 10.1 Å². The number of rotatable bonds is 4. The van der Waals surface area contributed by atoms with Crippen molar-refractivity contribution in [1.29, 1.82) is 0 Å². The van der Waals surface area contributed by atoms with Gasteiger partial charge in [0.2, 0.25) is 0 Å². The lowest BCUT2D eigenvalue weighted by atomic mass is 10.3. The first-order valence-corrected chi connectivity index (χ1v) is 5.71. The van der Waals surface area contributed by atoms with Crippen molar-refractivity contribution in [2.45, 2.75) is 13.5 Å². The SMILES string of the molecule is Cc1nccn1CCNc1cc(F)ccc1Cl. The monoisotopic (exact) mass is 253 g/mol. The Hall–Kier alpha value is -1.55. The van der Waals surface area contributed by atoms with E-state index in [0.29, 0.717) is 17.3 Å². The quantitative estimate of drug-likeness (QED) is 0.908. The number of hydrogen-bond donors (Lipinski definition) is 1. The van der Waals surface area contributed by atoms with Crippen molar-refractivity contribution in [3.8, 4) is 0 Å². The highest BCUT2D eigenvalue weighted by atomic mass is 35.5. The molecule has 0 aliphatic heterocycles. The van der Waals surface area contributed by atoms with Gasteiger partial charge in [-0.3, -0.25) is 0 Å². The van der Waals surface area contributed by atoms with Gasteiger partial charge in [0.05, 0.1) is 10.7 Å². The minimum atomic E-state index is -0.296. The summed E-state index contributed by atoms with van der Waals surface area (Å²) in [6.07, 6.45) is 3.66. The largest absolute Gasteiger partial charge is 0.382 e. The van der Waals surface area contributed by atoms with Gasteiger partial charge in [0, 0.05) is 25.5 Å². The molecule has 0 fully saturated rings. The molecule has 0 spiro atoms. The molecule has 0 amide bonds. The first-order chi connectivity index (χ1) is 8.16. The van der Waals surface area contributed by atoms with Crippen LogP contribution in [0.1, 0.15) is 5.82 Å². The summed E-state index contributed by atoms with van der Waals surface area (Å²) in [6.45, 7) is 3.37. The molecule has 0 bridgehead atoms. The van der Waals surface area contributed by atoms with Crippen LogP contribution in [0.3, 0.4) is 0 Å². The number of halogens is 2. The summed E-state index contributed by atoms with van der Waals surface area (Å²) in [6, 6.07) is 4.28. The fraction of sp³-hybridized carbons (Fsp3) is 0.250. The number of imidazole rings is 1. The van der Waals surface area contributed by atoms with E-state index in [9.17, 15) is 4.39 Å². The molecule has 0 unspecified atom stereocenters. The highest BCUT2D eigenvalue weighted by Crippen LogP contribution is 2.22. The van der Waals surface area contributed by atoms with E-state index in [4.69, 9.17) is 11.6 Å². The average Bonchev–Trinajstić information content (AvgIpc) is 2.70. The summed E-state index contributed by atoms with van der Waals surface area (Å²) in [4.78, 5) is 4.12. The molecule has 0 atom stereocenters. The Morgan fingerprint density at radius 3 is 3.00 bits per heavy atom. The van der Waals surface area contributed by atoms with E-state index in [1.807, 2.05) is 17.7 Å². The molecule has 1 heterocycles. The molecule has 0 saturated carbocycles. The van der Waals surface area contributed by atoms with Gasteiger partial charge in [0.25, 0.3) is 0 Å². The Morgan fingerprint density at radius 2 is 2.29 bits per heavy atom. The van der Waals surface area contributed by atoms with Crippen LogP contribution in [0.2, 0.25) is 5.02 Å². The lowest BCUT2D eigenvalue weighted by Crippen LogP contribution is -2.11. The van der Waals surface area contributed by atoms with Gasteiger partial charge >= 0.3 is 0 Å². The molecule has 0 aliphatic rings. The maximum Gasteiger partial charge on any atom is 0.125 e. The minimum Gasteiger partial charge on any atom is -0.382 e. The Morgan fingerprint density at radius 1 is 1.47 bits per heavy atom. The third-order valence-electron chi connectivity index (χ3n) is 2.52. The van der Waals surface area contributed by atoms with E-state index in [0.717, 1.165) is 12.4 Å². The van der Waals surface area contributed by atoms with E-state index >= 15 is 0 Å². The van der Waals surface area contributed by atoms with Crippen molar-refractivity contribution in [2.24, 2.45) is 0 Å². The van der Waals surface area contributed by atoms with E-state index < -0.39 is 0 Å². The number of aromatic nitrogens is 2. The molecule has 1 aromatic carbocycles. The second-order valence-electron chi connectivity index (χ2n) is 3.72. The standard InChI is InChI=1S/C12H13ClFN3/c1-9-15-4-6-17(9)7-5-16-12-8-10(14)2-3-11(12)13/h2-4,6,8,16H,5,7H2,1H3. The number of benzene rings is 1. The second-order valence-corrected chi connectivity index (χ2v) is 4.13. The van der Waals surface area contributed by atoms with Crippen LogP contribution in [0.25, 0.3) is 0 Å². The summed E-state index contributed by atoms with van der Waals surface area (Å²) in [7, 11) is 0. The number of nitrogens with one attached hydrogen (secondary N) is 1. The fourth-order valence-electron chi connectivity index (χ4n) is 1.58. The predicted octanol–water partition coefficient (Wildman–Crippen LogP) is 3.10. The highest BCUT2D eigenvalue weighted by molar-refractivity contribution is 6.33. The van der Waals surface area contributed by atoms with Gasteiger partial charge < -0.3 is 9.88 Å². The van der Waals surface area contributed by atoms with Crippen molar-refractivity contribution in [3.05, 3.63) is 47.3 Å². The minimum absolute atomic E-state index is 0.296. The zero-order valence-electron chi connectivity index (χ0n) is 9.45. The van der Waals surface area contributed by atoms with Crippen LogP contribution < -0.4 is 5.32 Å². The van der Waals surface area contributed by atoms with Gasteiger partial charge in [0.15, 0.2) is 0 Å². The lowest BCUT2D eigenvalue weighted by molar-refractivity contribution is 0.628. The smallest absolute Gasteiger partial charge is 0.125 e. The van der Waals surface area contributed by atoms with Gasteiger partial charge in [-0.05, 0) is 25.1 Å². The van der Waals surface area contributed by atoms with Crippen molar-refractivity contribution < 1.29 is 4.39 Å². The Kier molecular flexibility index (Phi) is 3.64. The molecule has 5 heteroatoms. The summed E-state index contributed by atoms with van der Waals surface area (Å²) in [5, 5.41) is 3.62. The van der Waals surface area contributed by atoms with Gasteiger partial charge in [-0.1, -0.05) is 11.6 Å².